The Morgan fingerprint density at radius 3 is 2.31 bits per heavy atom. The van der Waals surface area contributed by atoms with E-state index in [-0.39, 0.29) is 5.91 Å². The highest BCUT2D eigenvalue weighted by molar-refractivity contribution is 6.02. The van der Waals surface area contributed by atoms with Gasteiger partial charge < -0.3 is 19.8 Å². The molecule has 2 aromatic heterocycles. The quantitative estimate of drug-likeness (QED) is 0.450. The lowest BCUT2D eigenvalue weighted by molar-refractivity contribution is 0.102. The minimum absolute atomic E-state index is 0.278. The normalized spacial score (nSPS) is 10.3. The number of rotatable bonds is 7. The Balaban J connectivity index is 1.32. The average molecular weight is 385 g/mol. The van der Waals surface area contributed by atoms with Gasteiger partial charge in [0.15, 0.2) is 0 Å². The fourth-order valence-corrected chi connectivity index (χ4v) is 2.66. The van der Waals surface area contributed by atoms with Crippen LogP contribution < -0.4 is 15.4 Å². The number of nitrogens with one attached hydrogen (secondary N) is 2. The summed E-state index contributed by atoms with van der Waals surface area (Å²) in [7, 11) is 0. The van der Waals surface area contributed by atoms with Crippen molar-refractivity contribution in [1.82, 2.24) is 4.98 Å². The molecule has 0 saturated carbocycles. The fraction of sp³-hybridized carbons (Fsp3) is 0.0435. The summed E-state index contributed by atoms with van der Waals surface area (Å²) in [5, 5.41) is 6.02. The van der Waals surface area contributed by atoms with Gasteiger partial charge in [0.2, 0.25) is 0 Å². The Morgan fingerprint density at radius 1 is 0.862 bits per heavy atom. The van der Waals surface area contributed by atoms with E-state index in [4.69, 9.17) is 9.15 Å². The van der Waals surface area contributed by atoms with Crippen molar-refractivity contribution in [2.45, 2.75) is 6.54 Å². The van der Waals surface area contributed by atoms with Crippen LogP contribution in [0.25, 0.3) is 0 Å². The van der Waals surface area contributed by atoms with Gasteiger partial charge in [0, 0.05) is 5.69 Å². The fourth-order valence-electron chi connectivity index (χ4n) is 2.66. The second kappa shape index (κ2) is 8.75. The molecule has 0 bridgehead atoms. The molecule has 144 valence electrons. The van der Waals surface area contributed by atoms with Crippen LogP contribution in [-0.2, 0) is 6.54 Å². The maximum absolute atomic E-state index is 12.4. The van der Waals surface area contributed by atoms with Crippen LogP contribution in [0.5, 0.6) is 11.5 Å². The molecule has 4 aromatic rings. The van der Waals surface area contributed by atoms with E-state index in [2.05, 4.69) is 15.6 Å². The van der Waals surface area contributed by atoms with Gasteiger partial charge in [-0.2, -0.15) is 0 Å². The first-order valence-electron chi connectivity index (χ1n) is 9.13. The number of hydrogen-bond acceptors (Lipinski definition) is 5. The summed E-state index contributed by atoms with van der Waals surface area (Å²) in [6, 6.07) is 23.9. The third-order valence-corrected chi connectivity index (χ3v) is 4.13. The molecule has 0 fully saturated rings. The average Bonchev–Trinajstić information content (AvgIpc) is 3.28. The summed E-state index contributed by atoms with van der Waals surface area (Å²) in [5.74, 6) is 2.00. The minimum atomic E-state index is -0.278. The predicted molar refractivity (Wildman–Crippen MR) is 111 cm³/mol. The minimum Gasteiger partial charge on any atom is -0.467 e. The van der Waals surface area contributed by atoms with Gasteiger partial charge in [-0.05, 0) is 60.7 Å². The monoisotopic (exact) mass is 385 g/mol. The zero-order chi connectivity index (χ0) is 19.9. The number of nitrogens with zero attached hydrogens (tertiary/aromatic N) is 1. The largest absolute Gasteiger partial charge is 0.467 e. The molecular weight excluding hydrogens is 366 g/mol. The molecule has 6 nitrogen and oxygen atoms in total. The number of anilines is 2. The molecule has 1 amide bonds. The summed E-state index contributed by atoms with van der Waals surface area (Å²) in [6.07, 6.45) is 3.25. The summed E-state index contributed by atoms with van der Waals surface area (Å²) >= 11 is 0. The van der Waals surface area contributed by atoms with Crippen LogP contribution in [0.3, 0.4) is 0 Å². The molecule has 6 heteroatoms. The van der Waals surface area contributed by atoms with E-state index in [1.807, 2.05) is 48.5 Å². The van der Waals surface area contributed by atoms with Gasteiger partial charge in [0.1, 0.15) is 23.0 Å². The number of ether oxygens (including phenoxy) is 1. The molecule has 2 aromatic carbocycles. The van der Waals surface area contributed by atoms with E-state index < -0.39 is 0 Å². The first-order chi connectivity index (χ1) is 14.3. The Bertz CT molecular complexity index is 1050. The number of furan rings is 1. The highest BCUT2D eigenvalue weighted by Gasteiger charge is 2.08. The van der Waals surface area contributed by atoms with E-state index in [1.54, 1.807) is 42.8 Å². The van der Waals surface area contributed by atoms with Crippen molar-refractivity contribution >= 4 is 17.3 Å². The molecule has 0 aliphatic rings. The van der Waals surface area contributed by atoms with Crippen LogP contribution in [0.1, 0.15) is 16.2 Å². The number of hydrogen-bond donors (Lipinski definition) is 2. The van der Waals surface area contributed by atoms with Crippen molar-refractivity contribution < 1.29 is 13.9 Å². The van der Waals surface area contributed by atoms with Crippen molar-refractivity contribution in [3.63, 3.8) is 0 Å². The second-order valence-electron chi connectivity index (χ2n) is 6.26. The number of carbonyl (C=O) groups excluding carboxylic acids is 1. The molecule has 2 heterocycles. The summed E-state index contributed by atoms with van der Waals surface area (Å²) < 4.78 is 11.0. The molecule has 0 radical (unpaired) electrons. The molecule has 0 spiro atoms. The molecule has 0 unspecified atom stereocenters. The summed E-state index contributed by atoms with van der Waals surface area (Å²) in [5.41, 5.74) is 1.80. The van der Waals surface area contributed by atoms with Crippen LogP contribution in [0.4, 0.5) is 11.4 Å². The first-order valence-corrected chi connectivity index (χ1v) is 9.13. The van der Waals surface area contributed by atoms with Gasteiger partial charge in [0.05, 0.1) is 24.7 Å². The third kappa shape index (κ3) is 5.01. The lowest BCUT2D eigenvalue weighted by Gasteiger charge is -2.08. The van der Waals surface area contributed by atoms with Crippen LogP contribution in [0.15, 0.2) is 95.7 Å². The maximum Gasteiger partial charge on any atom is 0.274 e. The molecule has 0 aliphatic carbocycles. The maximum atomic E-state index is 12.4. The number of pyridine rings is 1. The Morgan fingerprint density at radius 2 is 1.62 bits per heavy atom. The van der Waals surface area contributed by atoms with Crippen LogP contribution in [0.2, 0.25) is 0 Å². The van der Waals surface area contributed by atoms with E-state index in [0.29, 0.717) is 23.7 Å². The van der Waals surface area contributed by atoms with Gasteiger partial charge in [-0.1, -0.05) is 18.2 Å². The zero-order valence-corrected chi connectivity index (χ0v) is 15.5. The van der Waals surface area contributed by atoms with Crippen molar-refractivity contribution in [2.75, 3.05) is 10.6 Å². The van der Waals surface area contributed by atoms with Crippen molar-refractivity contribution in [2.24, 2.45) is 0 Å². The Hall–Kier alpha value is -4.06. The number of para-hydroxylation sites is 1. The standard InChI is InChI=1S/C23H19N3O3/c27-23(22-13-10-18(15-25-22)24-16-21-7-4-14-28-21)26-17-8-11-20(12-9-17)29-19-5-2-1-3-6-19/h1-15,24H,16H2,(H,26,27). The third-order valence-electron chi connectivity index (χ3n) is 4.13. The Labute approximate surface area is 168 Å². The van der Waals surface area contributed by atoms with Crippen LogP contribution in [-0.4, -0.2) is 10.9 Å². The van der Waals surface area contributed by atoms with E-state index >= 15 is 0 Å². The lowest BCUT2D eigenvalue weighted by Crippen LogP contribution is -2.13. The van der Waals surface area contributed by atoms with Crippen LogP contribution in [0, 0.1) is 0 Å². The molecule has 0 aliphatic heterocycles. The molecule has 29 heavy (non-hydrogen) atoms. The molecule has 0 saturated heterocycles. The summed E-state index contributed by atoms with van der Waals surface area (Å²) in [6.45, 7) is 0.553. The number of amides is 1. The first kappa shape index (κ1) is 18.3. The van der Waals surface area contributed by atoms with Gasteiger partial charge in [-0.25, -0.2) is 4.98 Å². The molecule has 0 atom stereocenters. The lowest BCUT2D eigenvalue weighted by atomic mass is 10.2. The highest BCUT2D eigenvalue weighted by Crippen LogP contribution is 2.22. The Kier molecular flexibility index (Phi) is 5.53. The van der Waals surface area contributed by atoms with E-state index in [0.717, 1.165) is 17.2 Å². The zero-order valence-electron chi connectivity index (χ0n) is 15.5. The van der Waals surface area contributed by atoms with E-state index in [1.165, 1.54) is 0 Å². The van der Waals surface area contributed by atoms with Crippen molar-refractivity contribution in [1.29, 1.82) is 0 Å². The van der Waals surface area contributed by atoms with E-state index in [9.17, 15) is 4.79 Å². The van der Waals surface area contributed by atoms with Gasteiger partial charge >= 0.3 is 0 Å². The predicted octanol–water partition coefficient (Wildman–Crippen LogP) is 5.33. The SMILES string of the molecule is O=C(Nc1ccc(Oc2ccccc2)cc1)c1ccc(NCc2ccco2)cn1. The summed E-state index contributed by atoms with van der Waals surface area (Å²) in [4.78, 5) is 16.6. The van der Waals surface area contributed by atoms with Gasteiger partial charge in [0.25, 0.3) is 5.91 Å². The number of benzene rings is 2. The molecular formula is C23H19N3O3. The van der Waals surface area contributed by atoms with Gasteiger partial charge in [-0.3, -0.25) is 4.79 Å². The highest BCUT2D eigenvalue weighted by atomic mass is 16.5. The van der Waals surface area contributed by atoms with Crippen molar-refractivity contribution in [3.05, 3.63) is 103 Å². The number of aromatic nitrogens is 1. The van der Waals surface area contributed by atoms with Crippen molar-refractivity contribution in [3.8, 4) is 11.5 Å². The second-order valence-corrected chi connectivity index (χ2v) is 6.26. The smallest absolute Gasteiger partial charge is 0.274 e. The topological polar surface area (TPSA) is 76.4 Å². The molecule has 4 rings (SSSR count). The molecule has 2 N–H and O–H groups in total. The van der Waals surface area contributed by atoms with Gasteiger partial charge in [-0.15, -0.1) is 0 Å². The van der Waals surface area contributed by atoms with Crippen LogP contribution >= 0.6 is 0 Å². The number of carbonyl (C=O) groups is 1.